The zero-order valence-corrected chi connectivity index (χ0v) is 15.0. The molecule has 4 rings (SSSR count). The summed E-state index contributed by atoms with van der Waals surface area (Å²) in [6.45, 7) is 2.01. The van der Waals surface area contributed by atoms with Gasteiger partial charge in [0.2, 0.25) is 5.91 Å². The maximum absolute atomic E-state index is 14.1. The number of carbonyl (C=O) groups excluding carboxylic acids is 1. The van der Waals surface area contributed by atoms with Crippen molar-refractivity contribution in [2.45, 2.75) is 19.5 Å². The molecular formula is C19H17FN6O2. The van der Waals surface area contributed by atoms with Gasteiger partial charge in [-0.1, -0.05) is 12.1 Å². The minimum atomic E-state index is -0.548. The lowest BCUT2D eigenvalue weighted by molar-refractivity contribution is -0.121. The first-order valence-corrected chi connectivity index (χ1v) is 8.66. The first-order chi connectivity index (χ1) is 13.6. The number of carbonyl (C=O) groups is 1. The minimum Gasteiger partial charge on any atom is -0.467 e. The van der Waals surface area contributed by atoms with Gasteiger partial charge in [0.15, 0.2) is 11.5 Å². The molecule has 1 aromatic carbocycles. The predicted molar refractivity (Wildman–Crippen MR) is 99.8 cm³/mol. The van der Waals surface area contributed by atoms with Crippen molar-refractivity contribution >= 4 is 17.4 Å². The molecule has 28 heavy (non-hydrogen) atoms. The van der Waals surface area contributed by atoms with E-state index in [1.165, 1.54) is 10.6 Å². The highest BCUT2D eigenvalue weighted by Crippen LogP contribution is 2.21. The van der Waals surface area contributed by atoms with Gasteiger partial charge >= 0.3 is 0 Å². The third-order valence-electron chi connectivity index (χ3n) is 4.15. The molecule has 2 N–H and O–H groups in total. The highest BCUT2D eigenvalue weighted by atomic mass is 19.1. The molecule has 0 fully saturated rings. The van der Waals surface area contributed by atoms with E-state index in [0.29, 0.717) is 29.3 Å². The van der Waals surface area contributed by atoms with E-state index < -0.39 is 11.9 Å². The molecule has 1 atom stereocenters. The summed E-state index contributed by atoms with van der Waals surface area (Å²) >= 11 is 0. The second kappa shape index (κ2) is 7.47. The lowest BCUT2D eigenvalue weighted by Crippen LogP contribution is -2.37. The van der Waals surface area contributed by atoms with Crippen molar-refractivity contribution < 1.29 is 13.6 Å². The van der Waals surface area contributed by atoms with Crippen LogP contribution in [-0.2, 0) is 11.3 Å². The van der Waals surface area contributed by atoms with Gasteiger partial charge in [-0.25, -0.2) is 4.39 Å². The number of hydrogen-bond donors (Lipinski definition) is 2. The Balaban J connectivity index is 1.52. The van der Waals surface area contributed by atoms with Crippen LogP contribution in [0.15, 0.2) is 59.2 Å². The first-order valence-electron chi connectivity index (χ1n) is 8.66. The molecule has 0 saturated carbocycles. The van der Waals surface area contributed by atoms with Gasteiger partial charge in [0.1, 0.15) is 23.4 Å². The molecule has 9 heteroatoms. The fourth-order valence-corrected chi connectivity index (χ4v) is 2.70. The number of amides is 1. The number of fused-ring (bicyclic) bond motifs is 1. The van der Waals surface area contributed by atoms with Crippen molar-refractivity contribution in [3.63, 3.8) is 0 Å². The molecule has 3 heterocycles. The van der Waals surface area contributed by atoms with E-state index in [1.807, 2.05) is 0 Å². The van der Waals surface area contributed by atoms with Crippen molar-refractivity contribution in [2.24, 2.45) is 0 Å². The monoisotopic (exact) mass is 380 g/mol. The van der Waals surface area contributed by atoms with Crippen molar-refractivity contribution in [1.29, 1.82) is 0 Å². The van der Waals surface area contributed by atoms with Gasteiger partial charge in [0, 0.05) is 0 Å². The summed E-state index contributed by atoms with van der Waals surface area (Å²) in [5, 5.41) is 18.2. The van der Waals surface area contributed by atoms with Gasteiger partial charge in [-0.3, -0.25) is 4.79 Å². The largest absolute Gasteiger partial charge is 0.467 e. The molecule has 0 aliphatic rings. The summed E-state index contributed by atoms with van der Waals surface area (Å²) in [7, 11) is 0. The van der Waals surface area contributed by atoms with Gasteiger partial charge in [-0.2, -0.15) is 4.52 Å². The molecule has 0 radical (unpaired) electrons. The Hall–Kier alpha value is -3.75. The van der Waals surface area contributed by atoms with Crippen LogP contribution in [0.4, 0.5) is 10.2 Å². The summed E-state index contributed by atoms with van der Waals surface area (Å²) in [6, 6.07) is 12.7. The number of nitrogens with zero attached hydrogens (tertiary/aromatic N) is 4. The average Bonchev–Trinajstić information content (AvgIpc) is 3.36. The molecule has 0 spiro atoms. The maximum Gasteiger partial charge on any atom is 0.242 e. The number of hydrogen-bond acceptors (Lipinski definition) is 6. The second-order valence-electron chi connectivity index (χ2n) is 6.16. The third-order valence-corrected chi connectivity index (χ3v) is 4.15. The Bertz CT molecular complexity index is 1110. The lowest BCUT2D eigenvalue weighted by atomic mass is 10.2. The standard InChI is InChI=1S/C19H17FN6O2/c1-12(19(27)21-11-13-5-4-10-28-13)22-16-8-9-17-23-24-18(26(17)25-16)14-6-2-3-7-15(14)20/h2-10,12H,11H2,1H3,(H,21,27)(H,22,25). The van der Waals surface area contributed by atoms with E-state index >= 15 is 0 Å². The van der Waals surface area contributed by atoms with Crippen LogP contribution in [-0.4, -0.2) is 31.8 Å². The van der Waals surface area contributed by atoms with Crippen LogP contribution in [0.25, 0.3) is 17.0 Å². The van der Waals surface area contributed by atoms with Gasteiger partial charge in [0.25, 0.3) is 0 Å². The van der Waals surface area contributed by atoms with Crippen LogP contribution < -0.4 is 10.6 Å². The number of aromatic nitrogens is 4. The van der Waals surface area contributed by atoms with Crippen LogP contribution in [0.1, 0.15) is 12.7 Å². The van der Waals surface area contributed by atoms with Crippen LogP contribution in [0.5, 0.6) is 0 Å². The third kappa shape index (κ3) is 3.54. The van der Waals surface area contributed by atoms with Crippen LogP contribution >= 0.6 is 0 Å². The summed E-state index contributed by atoms with van der Waals surface area (Å²) in [6.07, 6.45) is 1.55. The smallest absolute Gasteiger partial charge is 0.242 e. The van der Waals surface area contributed by atoms with Crippen LogP contribution in [0.2, 0.25) is 0 Å². The molecule has 0 aliphatic heterocycles. The molecule has 1 amide bonds. The molecule has 142 valence electrons. The van der Waals surface area contributed by atoms with E-state index in [4.69, 9.17) is 4.42 Å². The number of anilines is 1. The van der Waals surface area contributed by atoms with E-state index in [2.05, 4.69) is 25.9 Å². The van der Waals surface area contributed by atoms with Crippen LogP contribution in [0, 0.1) is 5.82 Å². The minimum absolute atomic E-state index is 0.212. The molecule has 0 saturated heterocycles. The highest BCUT2D eigenvalue weighted by molar-refractivity contribution is 5.83. The van der Waals surface area contributed by atoms with E-state index in [-0.39, 0.29) is 11.7 Å². The molecule has 1 unspecified atom stereocenters. The molecular weight excluding hydrogens is 363 g/mol. The van der Waals surface area contributed by atoms with Gasteiger partial charge in [0.05, 0.1) is 18.4 Å². The van der Waals surface area contributed by atoms with Gasteiger partial charge in [-0.15, -0.1) is 15.3 Å². The van der Waals surface area contributed by atoms with Gasteiger partial charge in [-0.05, 0) is 43.3 Å². The molecule has 0 bridgehead atoms. The number of halogens is 1. The number of benzene rings is 1. The summed E-state index contributed by atoms with van der Waals surface area (Å²) in [5.41, 5.74) is 0.766. The highest BCUT2D eigenvalue weighted by Gasteiger charge is 2.16. The van der Waals surface area contributed by atoms with Crippen LogP contribution in [0.3, 0.4) is 0 Å². The Morgan fingerprint density at radius 2 is 2.04 bits per heavy atom. The second-order valence-corrected chi connectivity index (χ2v) is 6.16. The quantitative estimate of drug-likeness (QED) is 0.534. The fourth-order valence-electron chi connectivity index (χ4n) is 2.70. The van der Waals surface area contributed by atoms with Crippen molar-refractivity contribution in [3.05, 3.63) is 66.4 Å². The van der Waals surface area contributed by atoms with Crippen molar-refractivity contribution in [3.8, 4) is 11.4 Å². The van der Waals surface area contributed by atoms with Gasteiger partial charge < -0.3 is 15.1 Å². The topological polar surface area (TPSA) is 97.4 Å². The number of rotatable bonds is 6. The Morgan fingerprint density at radius 1 is 1.18 bits per heavy atom. The maximum atomic E-state index is 14.1. The normalized spacial score (nSPS) is 12.1. The van der Waals surface area contributed by atoms with Crippen molar-refractivity contribution in [2.75, 3.05) is 5.32 Å². The lowest BCUT2D eigenvalue weighted by Gasteiger charge is -2.14. The average molecular weight is 380 g/mol. The Kier molecular flexibility index (Phi) is 4.71. The first kappa shape index (κ1) is 17.7. The zero-order valence-electron chi connectivity index (χ0n) is 15.0. The summed E-state index contributed by atoms with van der Waals surface area (Å²) < 4.78 is 20.7. The number of furan rings is 1. The summed E-state index contributed by atoms with van der Waals surface area (Å²) in [4.78, 5) is 12.3. The summed E-state index contributed by atoms with van der Waals surface area (Å²) in [5.74, 6) is 0.760. The number of nitrogens with one attached hydrogen (secondary N) is 2. The molecule has 0 aliphatic carbocycles. The molecule has 4 aromatic rings. The Morgan fingerprint density at radius 3 is 2.82 bits per heavy atom. The van der Waals surface area contributed by atoms with E-state index in [1.54, 1.807) is 55.7 Å². The van der Waals surface area contributed by atoms with E-state index in [0.717, 1.165) is 0 Å². The molecule has 3 aromatic heterocycles. The Labute approximate surface area is 159 Å². The van der Waals surface area contributed by atoms with E-state index in [9.17, 15) is 9.18 Å². The molecule has 8 nitrogen and oxygen atoms in total. The SMILES string of the molecule is CC(Nc1ccc2nnc(-c3ccccc3F)n2n1)C(=O)NCc1ccco1. The predicted octanol–water partition coefficient (Wildman–Crippen LogP) is 2.64. The zero-order chi connectivity index (χ0) is 19.5. The fraction of sp³-hybridized carbons (Fsp3) is 0.158. The van der Waals surface area contributed by atoms with Crippen molar-refractivity contribution in [1.82, 2.24) is 25.1 Å².